The average molecular weight is 406 g/mol. The molecule has 2 fully saturated rings. The number of nitrogens with zero attached hydrogens (tertiary/aromatic N) is 3. The van der Waals surface area contributed by atoms with Gasteiger partial charge in [-0.2, -0.15) is 0 Å². The van der Waals surface area contributed by atoms with Crippen molar-refractivity contribution < 1.29 is 9.53 Å². The number of benzene rings is 2. The van der Waals surface area contributed by atoms with Gasteiger partial charge in [0.05, 0.1) is 6.61 Å². The maximum Gasteiger partial charge on any atom is 0.244 e. The van der Waals surface area contributed by atoms with Crippen molar-refractivity contribution in [3.63, 3.8) is 0 Å². The lowest BCUT2D eigenvalue weighted by Gasteiger charge is -2.40. The summed E-state index contributed by atoms with van der Waals surface area (Å²) in [5, 5.41) is 0. The molecule has 5 rings (SSSR count). The van der Waals surface area contributed by atoms with E-state index in [4.69, 9.17) is 4.74 Å². The summed E-state index contributed by atoms with van der Waals surface area (Å²) in [4.78, 5) is 20.4. The fraction of sp³-hybridized carbons (Fsp3) is 0.480. The summed E-state index contributed by atoms with van der Waals surface area (Å²) in [6.45, 7) is 7.42. The van der Waals surface area contributed by atoms with Crippen LogP contribution in [-0.2, 0) is 17.8 Å². The van der Waals surface area contributed by atoms with Crippen molar-refractivity contribution in [2.45, 2.75) is 31.8 Å². The molecule has 1 amide bonds. The molecule has 3 aliphatic heterocycles. The van der Waals surface area contributed by atoms with Crippen molar-refractivity contribution in [1.82, 2.24) is 14.7 Å². The number of fused-ring (bicyclic) bond motifs is 1. The van der Waals surface area contributed by atoms with Crippen LogP contribution >= 0.6 is 0 Å². The van der Waals surface area contributed by atoms with E-state index in [1.807, 2.05) is 18.2 Å². The molecule has 0 radical (unpaired) electrons. The van der Waals surface area contributed by atoms with E-state index < -0.39 is 0 Å². The molecular formula is C25H31N3O2. The van der Waals surface area contributed by atoms with Crippen LogP contribution in [0.4, 0.5) is 0 Å². The molecular weight excluding hydrogens is 374 g/mol. The van der Waals surface area contributed by atoms with Crippen LogP contribution in [0.2, 0.25) is 0 Å². The van der Waals surface area contributed by atoms with Crippen LogP contribution in [0.15, 0.2) is 48.5 Å². The van der Waals surface area contributed by atoms with Gasteiger partial charge in [0.2, 0.25) is 5.91 Å². The Hall–Kier alpha value is -2.37. The molecule has 158 valence electrons. The van der Waals surface area contributed by atoms with Crippen molar-refractivity contribution in [3.05, 3.63) is 65.2 Å². The highest BCUT2D eigenvalue weighted by Gasteiger charge is 2.34. The first-order chi connectivity index (χ1) is 14.8. The van der Waals surface area contributed by atoms with Crippen LogP contribution < -0.4 is 4.74 Å². The van der Waals surface area contributed by atoms with Gasteiger partial charge in [0.25, 0.3) is 0 Å². The van der Waals surface area contributed by atoms with E-state index in [0.29, 0.717) is 0 Å². The van der Waals surface area contributed by atoms with E-state index in [9.17, 15) is 4.79 Å². The quantitative estimate of drug-likeness (QED) is 0.766. The van der Waals surface area contributed by atoms with Crippen molar-refractivity contribution in [1.29, 1.82) is 0 Å². The number of amides is 1. The summed E-state index contributed by atoms with van der Waals surface area (Å²) >= 11 is 0. The van der Waals surface area contributed by atoms with Crippen LogP contribution in [-0.4, -0.2) is 66.5 Å². The molecule has 3 heterocycles. The molecule has 0 aromatic heterocycles. The van der Waals surface area contributed by atoms with Gasteiger partial charge in [-0.15, -0.1) is 0 Å². The minimum atomic E-state index is -0.149. The van der Waals surface area contributed by atoms with Crippen LogP contribution in [0.3, 0.4) is 0 Å². The van der Waals surface area contributed by atoms with Crippen LogP contribution in [0.25, 0.3) is 0 Å². The molecule has 5 nitrogen and oxygen atoms in total. The smallest absolute Gasteiger partial charge is 0.244 e. The molecule has 0 saturated carbocycles. The molecule has 2 aromatic carbocycles. The van der Waals surface area contributed by atoms with E-state index in [2.05, 4.69) is 45.0 Å². The zero-order valence-electron chi connectivity index (χ0n) is 17.6. The Morgan fingerprint density at radius 2 is 1.70 bits per heavy atom. The Labute approximate surface area is 179 Å². The van der Waals surface area contributed by atoms with Gasteiger partial charge in [0, 0.05) is 52.2 Å². The van der Waals surface area contributed by atoms with Gasteiger partial charge < -0.3 is 9.64 Å². The highest BCUT2D eigenvalue weighted by Crippen LogP contribution is 2.28. The summed E-state index contributed by atoms with van der Waals surface area (Å²) in [5.74, 6) is 1.33. The number of rotatable bonds is 5. The maximum absolute atomic E-state index is 13.4. The number of hydrogen-bond donors (Lipinski definition) is 0. The Bertz CT molecular complexity index is 871. The minimum Gasteiger partial charge on any atom is -0.493 e. The third-order valence-corrected chi connectivity index (χ3v) is 6.70. The molecule has 3 aliphatic rings. The van der Waals surface area contributed by atoms with E-state index in [1.54, 1.807) is 0 Å². The lowest BCUT2D eigenvalue weighted by molar-refractivity contribution is -0.137. The predicted octanol–water partition coefficient (Wildman–Crippen LogP) is 3.10. The molecule has 0 spiro atoms. The maximum atomic E-state index is 13.4. The lowest BCUT2D eigenvalue weighted by Crippen LogP contribution is -2.51. The molecule has 30 heavy (non-hydrogen) atoms. The Kier molecular flexibility index (Phi) is 5.73. The predicted molar refractivity (Wildman–Crippen MR) is 117 cm³/mol. The van der Waals surface area contributed by atoms with E-state index in [-0.39, 0.29) is 11.9 Å². The second kappa shape index (κ2) is 8.78. The van der Waals surface area contributed by atoms with Gasteiger partial charge in [0.15, 0.2) is 0 Å². The Morgan fingerprint density at radius 3 is 2.47 bits per heavy atom. The van der Waals surface area contributed by atoms with Gasteiger partial charge in [0.1, 0.15) is 11.8 Å². The first-order valence-corrected chi connectivity index (χ1v) is 11.3. The van der Waals surface area contributed by atoms with E-state index in [1.165, 1.54) is 11.1 Å². The van der Waals surface area contributed by atoms with Crippen molar-refractivity contribution >= 4 is 5.91 Å². The normalized spacial score (nSPS) is 20.7. The zero-order chi connectivity index (χ0) is 20.3. The van der Waals surface area contributed by atoms with Crippen LogP contribution in [0.1, 0.15) is 35.6 Å². The summed E-state index contributed by atoms with van der Waals surface area (Å²) < 4.78 is 5.63. The lowest BCUT2D eigenvalue weighted by atomic mass is 10.0. The van der Waals surface area contributed by atoms with Crippen molar-refractivity contribution in [2.75, 3.05) is 45.9 Å². The minimum absolute atomic E-state index is 0.149. The molecule has 0 aliphatic carbocycles. The van der Waals surface area contributed by atoms with E-state index in [0.717, 1.165) is 83.0 Å². The van der Waals surface area contributed by atoms with Gasteiger partial charge in [-0.1, -0.05) is 42.5 Å². The fourth-order valence-electron chi connectivity index (χ4n) is 5.03. The molecule has 1 atom stereocenters. The molecule has 0 bridgehead atoms. The molecule has 1 unspecified atom stereocenters. The number of piperazine rings is 1. The molecule has 0 N–H and O–H groups in total. The number of ether oxygens (including phenoxy) is 1. The molecule has 2 aromatic rings. The topological polar surface area (TPSA) is 36.0 Å². The zero-order valence-corrected chi connectivity index (χ0v) is 17.6. The largest absolute Gasteiger partial charge is 0.493 e. The Morgan fingerprint density at radius 1 is 0.933 bits per heavy atom. The summed E-state index contributed by atoms with van der Waals surface area (Å²) in [6, 6.07) is 16.8. The second-order valence-electron chi connectivity index (χ2n) is 8.70. The first-order valence-electron chi connectivity index (χ1n) is 11.3. The van der Waals surface area contributed by atoms with Crippen LogP contribution in [0, 0.1) is 0 Å². The van der Waals surface area contributed by atoms with Gasteiger partial charge in [-0.05, 0) is 35.6 Å². The van der Waals surface area contributed by atoms with Crippen molar-refractivity contribution in [3.8, 4) is 5.75 Å². The summed E-state index contributed by atoms with van der Waals surface area (Å²) in [7, 11) is 0. The van der Waals surface area contributed by atoms with Gasteiger partial charge >= 0.3 is 0 Å². The van der Waals surface area contributed by atoms with Crippen molar-refractivity contribution in [2.24, 2.45) is 0 Å². The first kappa shape index (κ1) is 19.6. The third-order valence-electron chi connectivity index (χ3n) is 6.70. The van der Waals surface area contributed by atoms with Gasteiger partial charge in [-0.3, -0.25) is 14.6 Å². The standard InChI is InChI=1S/C25H31N3O2/c29-25(28-11-4-5-12-28)24(21-6-2-1-3-7-21)27-15-13-26(14-16-27)19-20-8-9-23-22(18-20)10-17-30-23/h1-3,6-9,18,24H,4-5,10-17,19H2. The van der Waals surface area contributed by atoms with Gasteiger partial charge in [-0.25, -0.2) is 0 Å². The monoisotopic (exact) mass is 405 g/mol. The highest BCUT2D eigenvalue weighted by atomic mass is 16.5. The average Bonchev–Trinajstić information content (AvgIpc) is 3.48. The van der Waals surface area contributed by atoms with Crippen LogP contribution in [0.5, 0.6) is 5.75 Å². The Balaban J connectivity index is 1.25. The number of carbonyl (C=O) groups is 1. The highest BCUT2D eigenvalue weighted by molar-refractivity contribution is 5.83. The second-order valence-corrected chi connectivity index (χ2v) is 8.70. The molecule has 2 saturated heterocycles. The number of likely N-dealkylation sites (tertiary alicyclic amines) is 1. The summed E-state index contributed by atoms with van der Waals surface area (Å²) in [5.41, 5.74) is 3.83. The van der Waals surface area contributed by atoms with E-state index >= 15 is 0 Å². The SMILES string of the molecule is O=C(C(c1ccccc1)N1CCN(Cc2ccc3c(c2)CCO3)CC1)N1CCCC1. The fourth-order valence-corrected chi connectivity index (χ4v) is 5.03. The third kappa shape index (κ3) is 4.09. The molecule has 5 heteroatoms. The number of hydrogen-bond acceptors (Lipinski definition) is 4. The summed E-state index contributed by atoms with van der Waals surface area (Å²) in [6.07, 6.45) is 3.29. The number of carbonyl (C=O) groups excluding carboxylic acids is 1.